The molecule has 0 aliphatic heterocycles. The molecule has 0 fully saturated rings. The van der Waals surface area contributed by atoms with Gasteiger partial charge < -0.3 is 15.4 Å². The number of nitrogens with one attached hydrogen (secondary N) is 2. The topological polar surface area (TPSA) is 67.4 Å². The van der Waals surface area contributed by atoms with Crippen LogP contribution in [-0.4, -0.2) is 25.5 Å². The number of hydrogen-bond acceptors (Lipinski definition) is 4. The highest BCUT2D eigenvalue weighted by Gasteiger charge is 2.13. The van der Waals surface area contributed by atoms with Crippen molar-refractivity contribution in [2.45, 2.75) is 20.3 Å². The Balaban J connectivity index is 2.06. The molecule has 2 rings (SSSR count). The van der Waals surface area contributed by atoms with E-state index in [-0.39, 0.29) is 12.5 Å². The third-order valence-corrected chi connectivity index (χ3v) is 3.78. The van der Waals surface area contributed by atoms with E-state index in [4.69, 9.17) is 4.74 Å². The van der Waals surface area contributed by atoms with E-state index in [1.165, 1.54) is 7.11 Å². The van der Waals surface area contributed by atoms with Gasteiger partial charge in [-0.15, -0.1) is 0 Å². The SMILES string of the molecule is CCc1cccc(C)c1NC(=O)CNc1ccccc1C(=O)OC. The van der Waals surface area contributed by atoms with E-state index in [1.54, 1.807) is 24.3 Å². The molecule has 24 heavy (non-hydrogen) atoms. The monoisotopic (exact) mass is 326 g/mol. The van der Waals surface area contributed by atoms with Crippen molar-refractivity contribution in [1.29, 1.82) is 0 Å². The van der Waals surface area contributed by atoms with E-state index < -0.39 is 5.97 Å². The van der Waals surface area contributed by atoms with Gasteiger partial charge in [-0.2, -0.15) is 0 Å². The van der Waals surface area contributed by atoms with Crippen molar-refractivity contribution < 1.29 is 14.3 Å². The summed E-state index contributed by atoms with van der Waals surface area (Å²) in [6, 6.07) is 12.9. The van der Waals surface area contributed by atoms with E-state index in [2.05, 4.69) is 17.6 Å². The molecule has 5 heteroatoms. The molecule has 0 radical (unpaired) electrons. The average molecular weight is 326 g/mol. The third-order valence-electron chi connectivity index (χ3n) is 3.78. The highest BCUT2D eigenvalue weighted by atomic mass is 16.5. The number of benzene rings is 2. The van der Waals surface area contributed by atoms with Crippen LogP contribution in [0.5, 0.6) is 0 Å². The molecule has 0 aromatic heterocycles. The minimum atomic E-state index is -0.439. The minimum Gasteiger partial charge on any atom is -0.465 e. The Labute approximate surface area is 142 Å². The number of para-hydroxylation sites is 2. The van der Waals surface area contributed by atoms with Gasteiger partial charge in [0.15, 0.2) is 0 Å². The maximum absolute atomic E-state index is 12.3. The summed E-state index contributed by atoms with van der Waals surface area (Å²) >= 11 is 0. The van der Waals surface area contributed by atoms with Crippen molar-refractivity contribution in [1.82, 2.24) is 0 Å². The zero-order valence-electron chi connectivity index (χ0n) is 14.2. The van der Waals surface area contributed by atoms with Crippen molar-refractivity contribution in [2.75, 3.05) is 24.3 Å². The van der Waals surface area contributed by atoms with Crippen LogP contribution in [0.1, 0.15) is 28.4 Å². The Kier molecular flexibility index (Phi) is 5.95. The fourth-order valence-electron chi connectivity index (χ4n) is 2.49. The smallest absolute Gasteiger partial charge is 0.339 e. The van der Waals surface area contributed by atoms with E-state index in [1.807, 2.05) is 25.1 Å². The predicted octanol–water partition coefficient (Wildman–Crippen LogP) is 3.39. The number of amides is 1. The molecular weight excluding hydrogens is 304 g/mol. The standard InChI is InChI=1S/C19H22N2O3/c1-4-14-9-7-8-13(2)18(14)21-17(22)12-20-16-11-6-5-10-15(16)19(23)24-3/h5-11,20H,4,12H2,1-3H3,(H,21,22). The molecule has 1 amide bonds. The summed E-state index contributed by atoms with van der Waals surface area (Å²) in [6.07, 6.45) is 0.843. The largest absolute Gasteiger partial charge is 0.465 e. The zero-order valence-corrected chi connectivity index (χ0v) is 14.2. The molecule has 0 saturated heterocycles. The second kappa shape index (κ2) is 8.15. The van der Waals surface area contributed by atoms with Crippen LogP contribution in [0, 0.1) is 6.92 Å². The van der Waals surface area contributed by atoms with Gasteiger partial charge in [0.25, 0.3) is 0 Å². The van der Waals surface area contributed by atoms with Crippen LogP contribution in [0.3, 0.4) is 0 Å². The Hall–Kier alpha value is -2.82. The lowest BCUT2D eigenvalue weighted by Crippen LogP contribution is -2.23. The molecule has 0 saturated carbocycles. The highest BCUT2D eigenvalue weighted by molar-refractivity contribution is 5.98. The van der Waals surface area contributed by atoms with Crippen LogP contribution in [0.4, 0.5) is 11.4 Å². The van der Waals surface area contributed by atoms with Gasteiger partial charge in [-0.1, -0.05) is 37.3 Å². The summed E-state index contributed by atoms with van der Waals surface area (Å²) in [7, 11) is 1.33. The summed E-state index contributed by atoms with van der Waals surface area (Å²) in [5.41, 5.74) is 3.95. The first-order valence-corrected chi connectivity index (χ1v) is 7.86. The van der Waals surface area contributed by atoms with Crippen LogP contribution in [0.15, 0.2) is 42.5 Å². The molecule has 2 N–H and O–H groups in total. The summed E-state index contributed by atoms with van der Waals surface area (Å²) in [5, 5.41) is 5.94. The van der Waals surface area contributed by atoms with E-state index >= 15 is 0 Å². The fourth-order valence-corrected chi connectivity index (χ4v) is 2.49. The number of carbonyl (C=O) groups is 2. The minimum absolute atomic E-state index is 0.0610. The molecule has 5 nitrogen and oxygen atoms in total. The van der Waals surface area contributed by atoms with Crippen molar-refractivity contribution in [3.8, 4) is 0 Å². The van der Waals surface area contributed by atoms with Gasteiger partial charge in [-0.3, -0.25) is 4.79 Å². The molecule has 2 aromatic carbocycles. The first kappa shape index (κ1) is 17.5. The lowest BCUT2D eigenvalue weighted by Gasteiger charge is -2.14. The number of esters is 1. The molecule has 0 aliphatic rings. The molecule has 126 valence electrons. The normalized spacial score (nSPS) is 10.1. The molecular formula is C19H22N2O3. The van der Waals surface area contributed by atoms with Gasteiger partial charge in [0.05, 0.1) is 19.2 Å². The molecule has 0 unspecified atom stereocenters. The van der Waals surface area contributed by atoms with Gasteiger partial charge in [0.2, 0.25) is 5.91 Å². The number of methoxy groups -OCH3 is 1. The van der Waals surface area contributed by atoms with Crippen molar-refractivity contribution in [2.24, 2.45) is 0 Å². The fraction of sp³-hybridized carbons (Fsp3) is 0.263. The van der Waals surface area contributed by atoms with Gasteiger partial charge in [-0.25, -0.2) is 4.79 Å². The van der Waals surface area contributed by atoms with Crippen molar-refractivity contribution in [3.05, 3.63) is 59.2 Å². The molecule has 0 bridgehead atoms. The average Bonchev–Trinajstić information content (AvgIpc) is 2.61. The van der Waals surface area contributed by atoms with Crippen LogP contribution in [-0.2, 0) is 16.0 Å². The Morgan fingerprint density at radius 3 is 2.54 bits per heavy atom. The van der Waals surface area contributed by atoms with E-state index in [9.17, 15) is 9.59 Å². The Morgan fingerprint density at radius 1 is 1.08 bits per heavy atom. The molecule has 0 spiro atoms. The van der Waals surface area contributed by atoms with Gasteiger partial charge in [-0.05, 0) is 36.6 Å². The molecule has 0 aliphatic carbocycles. The van der Waals surface area contributed by atoms with Crippen molar-refractivity contribution >= 4 is 23.3 Å². The Morgan fingerprint density at radius 2 is 1.83 bits per heavy atom. The second-order valence-corrected chi connectivity index (χ2v) is 5.40. The second-order valence-electron chi connectivity index (χ2n) is 5.40. The number of rotatable bonds is 6. The maximum Gasteiger partial charge on any atom is 0.339 e. The van der Waals surface area contributed by atoms with Crippen LogP contribution < -0.4 is 10.6 Å². The summed E-state index contributed by atoms with van der Waals surface area (Å²) in [5.74, 6) is -0.607. The highest BCUT2D eigenvalue weighted by Crippen LogP contribution is 2.21. The number of aryl methyl sites for hydroxylation is 2. The molecule has 0 atom stereocenters. The summed E-state index contributed by atoms with van der Waals surface area (Å²) < 4.78 is 4.75. The Bertz CT molecular complexity index is 741. The zero-order chi connectivity index (χ0) is 17.5. The summed E-state index contributed by atoms with van der Waals surface area (Å²) in [6.45, 7) is 4.08. The number of ether oxygens (including phenoxy) is 1. The van der Waals surface area contributed by atoms with Crippen LogP contribution >= 0.6 is 0 Å². The van der Waals surface area contributed by atoms with Gasteiger partial charge >= 0.3 is 5.97 Å². The van der Waals surface area contributed by atoms with E-state index in [0.717, 1.165) is 23.2 Å². The lowest BCUT2D eigenvalue weighted by molar-refractivity contribution is -0.114. The number of anilines is 2. The molecule has 0 heterocycles. The van der Waals surface area contributed by atoms with Gasteiger partial charge in [0, 0.05) is 11.4 Å². The third kappa shape index (κ3) is 4.13. The van der Waals surface area contributed by atoms with Crippen molar-refractivity contribution in [3.63, 3.8) is 0 Å². The van der Waals surface area contributed by atoms with Crippen LogP contribution in [0.25, 0.3) is 0 Å². The molecule has 2 aromatic rings. The summed E-state index contributed by atoms with van der Waals surface area (Å²) in [4.78, 5) is 24.0. The first-order valence-electron chi connectivity index (χ1n) is 7.86. The predicted molar refractivity (Wildman–Crippen MR) is 95.5 cm³/mol. The van der Waals surface area contributed by atoms with Crippen LogP contribution in [0.2, 0.25) is 0 Å². The number of hydrogen-bond donors (Lipinski definition) is 2. The lowest BCUT2D eigenvalue weighted by atomic mass is 10.1. The van der Waals surface area contributed by atoms with E-state index in [0.29, 0.717) is 11.3 Å². The maximum atomic E-state index is 12.3. The van der Waals surface area contributed by atoms with Gasteiger partial charge in [0.1, 0.15) is 0 Å². The number of carbonyl (C=O) groups excluding carboxylic acids is 2. The first-order chi connectivity index (χ1) is 11.6. The quantitative estimate of drug-likeness (QED) is 0.799.